The van der Waals surface area contributed by atoms with Crippen LogP contribution >= 0.6 is 0 Å². The number of carbonyl (C=O) groups is 5. The third-order valence-corrected chi connectivity index (χ3v) is 3.36. The van der Waals surface area contributed by atoms with Crippen molar-refractivity contribution >= 4 is 29.7 Å². The Hall–Kier alpha value is -3.23. The van der Waals surface area contributed by atoms with Gasteiger partial charge in [-0.3, -0.25) is 14.4 Å². The van der Waals surface area contributed by atoms with Crippen LogP contribution in [0.2, 0.25) is 0 Å². The molecular weight excluding hydrogens is 372 g/mol. The molecule has 1 aromatic carbocycles. The van der Waals surface area contributed by atoms with Gasteiger partial charge in [0.1, 0.15) is 25.4 Å². The molecule has 0 aliphatic carbocycles. The lowest BCUT2D eigenvalue weighted by Crippen LogP contribution is -2.16. The summed E-state index contributed by atoms with van der Waals surface area (Å²) in [5.41, 5.74) is 0.204. The molecule has 0 atom stereocenters. The van der Waals surface area contributed by atoms with E-state index in [0.29, 0.717) is 6.42 Å². The Kier molecular flexibility index (Phi) is 9.95. The maximum absolute atomic E-state index is 11.8. The molecule has 0 saturated heterocycles. The molecular formula is C19H22O9. The van der Waals surface area contributed by atoms with Crippen molar-refractivity contribution in [2.45, 2.75) is 32.6 Å². The fourth-order valence-corrected chi connectivity index (χ4v) is 1.95. The maximum Gasteiger partial charge on any atom is 0.338 e. The van der Waals surface area contributed by atoms with Crippen LogP contribution in [-0.4, -0.2) is 54.6 Å². The second-order valence-corrected chi connectivity index (χ2v) is 5.67. The smallest absolute Gasteiger partial charge is 0.338 e. The van der Waals surface area contributed by atoms with Crippen LogP contribution in [0.1, 0.15) is 53.3 Å². The fourth-order valence-electron chi connectivity index (χ4n) is 1.95. The summed E-state index contributed by atoms with van der Waals surface area (Å²) in [7, 11) is 0. The Morgan fingerprint density at radius 3 is 1.96 bits per heavy atom. The zero-order valence-electron chi connectivity index (χ0n) is 15.5. The highest BCUT2D eigenvalue weighted by Gasteiger charge is 2.14. The Morgan fingerprint density at radius 1 is 0.786 bits per heavy atom. The van der Waals surface area contributed by atoms with Gasteiger partial charge in [0.05, 0.1) is 24.2 Å². The first kappa shape index (κ1) is 22.8. The van der Waals surface area contributed by atoms with Gasteiger partial charge in [-0.15, -0.1) is 0 Å². The number of hydrogen-bond donors (Lipinski definition) is 1. The zero-order valence-corrected chi connectivity index (χ0v) is 15.5. The molecule has 0 bridgehead atoms. The normalized spacial score (nSPS) is 10.0. The van der Waals surface area contributed by atoms with Crippen LogP contribution < -0.4 is 0 Å². The van der Waals surface area contributed by atoms with E-state index < -0.39 is 29.7 Å². The van der Waals surface area contributed by atoms with Crippen molar-refractivity contribution in [3.8, 4) is 0 Å². The number of ketones is 1. The average molecular weight is 394 g/mol. The van der Waals surface area contributed by atoms with Crippen LogP contribution in [0.5, 0.6) is 0 Å². The average Bonchev–Trinajstić information content (AvgIpc) is 2.67. The lowest BCUT2D eigenvalue weighted by molar-refractivity contribution is -0.149. The number of carboxylic acid groups (broad SMARTS) is 1. The van der Waals surface area contributed by atoms with Crippen molar-refractivity contribution in [3.63, 3.8) is 0 Å². The first-order valence-electron chi connectivity index (χ1n) is 8.67. The number of benzene rings is 1. The van der Waals surface area contributed by atoms with E-state index in [1.165, 1.54) is 24.3 Å². The summed E-state index contributed by atoms with van der Waals surface area (Å²) in [4.78, 5) is 56.8. The van der Waals surface area contributed by atoms with E-state index in [-0.39, 0.29) is 50.2 Å². The largest absolute Gasteiger partial charge is 0.478 e. The summed E-state index contributed by atoms with van der Waals surface area (Å²) < 4.78 is 14.5. The molecule has 0 unspecified atom stereocenters. The Labute approximate surface area is 161 Å². The number of esters is 3. The summed E-state index contributed by atoms with van der Waals surface area (Å²) >= 11 is 0. The monoisotopic (exact) mass is 394 g/mol. The van der Waals surface area contributed by atoms with E-state index >= 15 is 0 Å². The number of rotatable bonds is 12. The summed E-state index contributed by atoms with van der Waals surface area (Å²) in [5, 5.41) is 8.79. The molecule has 1 rings (SSSR count). The van der Waals surface area contributed by atoms with Crippen molar-refractivity contribution < 1.29 is 43.3 Å². The SMILES string of the molecule is CCCOC(=O)CC(=O)CCC(=O)OCCOC(=O)c1ccc(C(=O)O)cc1. The van der Waals surface area contributed by atoms with Gasteiger partial charge in [-0.1, -0.05) is 6.92 Å². The van der Waals surface area contributed by atoms with Gasteiger partial charge in [-0.05, 0) is 30.7 Å². The molecule has 9 nitrogen and oxygen atoms in total. The molecule has 0 aromatic heterocycles. The molecule has 9 heteroatoms. The van der Waals surface area contributed by atoms with Crippen LogP contribution in [0.4, 0.5) is 0 Å². The Morgan fingerprint density at radius 2 is 1.36 bits per heavy atom. The van der Waals surface area contributed by atoms with E-state index in [4.69, 9.17) is 19.3 Å². The standard InChI is InChI=1S/C19H22O9/c1-2-9-26-17(22)12-15(20)7-8-16(21)27-10-11-28-19(25)14-5-3-13(4-6-14)18(23)24/h3-6H,2,7-12H2,1H3,(H,23,24). The molecule has 0 spiro atoms. The second kappa shape index (κ2) is 12.2. The van der Waals surface area contributed by atoms with Crippen molar-refractivity contribution in [1.29, 1.82) is 0 Å². The third-order valence-electron chi connectivity index (χ3n) is 3.36. The summed E-state index contributed by atoms with van der Waals surface area (Å²) in [6.07, 6.45) is -0.0592. The minimum atomic E-state index is -1.11. The van der Waals surface area contributed by atoms with Gasteiger partial charge in [0.25, 0.3) is 0 Å². The third kappa shape index (κ3) is 8.93. The van der Waals surface area contributed by atoms with Gasteiger partial charge < -0.3 is 19.3 Å². The van der Waals surface area contributed by atoms with Crippen LogP contribution in [-0.2, 0) is 28.6 Å². The van der Waals surface area contributed by atoms with Crippen molar-refractivity contribution in [2.24, 2.45) is 0 Å². The summed E-state index contributed by atoms with van der Waals surface area (Å²) in [5.74, 6) is -3.49. The predicted molar refractivity (Wildman–Crippen MR) is 94.8 cm³/mol. The molecule has 0 amide bonds. The molecule has 0 fully saturated rings. The zero-order chi connectivity index (χ0) is 20.9. The minimum absolute atomic E-state index is 0.0404. The van der Waals surface area contributed by atoms with E-state index in [1.54, 1.807) is 0 Å². The van der Waals surface area contributed by atoms with Gasteiger partial charge in [0, 0.05) is 6.42 Å². The molecule has 0 radical (unpaired) electrons. The summed E-state index contributed by atoms with van der Waals surface area (Å²) in [6, 6.07) is 5.17. The molecule has 28 heavy (non-hydrogen) atoms. The van der Waals surface area contributed by atoms with E-state index in [2.05, 4.69) is 0 Å². The lowest BCUT2D eigenvalue weighted by atomic mass is 10.1. The number of Topliss-reactive ketones (excluding diaryl/α,β-unsaturated/α-hetero) is 1. The number of hydrogen-bond acceptors (Lipinski definition) is 8. The lowest BCUT2D eigenvalue weighted by Gasteiger charge is -2.07. The highest BCUT2D eigenvalue weighted by atomic mass is 16.6. The fraction of sp³-hybridized carbons (Fsp3) is 0.421. The number of aromatic carboxylic acids is 1. The maximum atomic E-state index is 11.8. The predicted octanol–water partition coefficient (Wildman–Crippen LogP) is 1.78. The van der Waals surface area contributed by atoms with Gasteiger partial charge >= 0.3 is 23.9 Å². The van der Waals surface area contributed by atoms with Crippen molar-refractivity contribution in [2.75, 3.05) is 19.8 Å². The van der Waals surface area contributed by atoms with Gasteiger partial charge in [-0.2, -0.15) is 0 Å². The molecule has 152 valence electrons. The quantitative estimate of drug-likeness (QED) is 0.244. The van der Waals surface area contributed by atoms with Crippen LogP contribution in [0, 0.1) is 0 Å². The van der Waals surface area contributed by atoms with E-state index in [1.807, 2.05) is 6.92 Å². The Balaban J connectivity index is 2.20. The molecule has 1 aromatic rings. The van der Waals surface area contributed by atoms with Crippen molar-refractivity contribution in [1.82, 2.24) is 0 Å². The molecule has 0 aliphatic heterocycles. The minimum Gasteiger partial charge on any atom is -0.478 e. The van der Waals surface area contributed by atoms with Crippen LogP contribution in [0.3, 0.4) is 0 Å². The van der Waals surface area contributed by atoms with Gasteiger partial charge in [0.15, 0.2) is 0 Å². The number of ether oxygens (including phenoxy) is 3. The molecule has 0 aliphatic rings. The van der Waals surface area contributed by atoms with E-state index in [0.717, 1.165) is 0 Å². The number of carboxylic acids is 1. The van der Waals surface area contributed by atoms with Crippen molar-refractivity contribution in [3.05, 3.63) is 35.4 Å². The topological polar surface area (TPSA) is 133 Å². The molecule has 1 N–H and O–H groups in total. The number of carbonyl (C=O) groups excluding carboxylic acids is 4. The summed E-state index contributed by atoms with van der Waals surface area (Å²) in [6.45, 7) is 1.70. The molecule has 0 heterocycles. The first-order valence-corrected chi connectivity index (χ1v) is 8.67. The first-order chi connectivity index (χ1) is 13.3. The Bertz CT molecular complexity index is 707. The van der Waals surface area contributed by atoms with Gasteiger partial charge in [-0.25, -0.2) is 9.59 Å². The second-order valence-electron chi connectivity index (χ2n) is 5.67. The van der Waals surface area contributed by atoms with Crippen LogP contribution in [0.25, 0.3) is 0 Å². The highest BCUT2D eigenvalue weighted by molar-refractivity contribution is 5.96. The van der Waals surface area contributed by atoms with E-state index in [9.17, 15) is 24.0 Å². The highest BCUT2D eigenvalue weighted by Crippen LogP contribution is 2.06. The van der Waals surface area contributed by atoms with Crippen LogP contribution in [0.15, 0.2) is 24.3 Å². The van der Waals surface area contributed by atoms with Gasteiger partial charge in [0.2, 0.25) is 0 Å². The molecule has 0 saturated carbocycles.